The maximum Gasteiger partial charge on any atom is 0.325 e. The number of ether oxygens (including phenoxy) is 2. The topological polar surface area (TPSA) is 61.5 Å². The van der Waals surface area contributed by atoms with Crippen molar-refractivity contribution >= 4 is 5.97 Å². The zero-order chi connectivity index (χ0) is 12.8. The second-order valence-electron chi connectivity index (χ2n) is 5.08. The van der Waals surface area contributed by atoms with E-state index in [9.17, 15) is 4.79 Å². The van der Waals surface area contributed by atoms with E-state index in [1.54, 1.807) is 6.92 Å². The SMILES string of the molecule is CCOC(=O)C(N)COC1CCC(C)C(C)C1. The highest BCUT2D eigenvalue weighted by molar-refractivity contribution is 5.75. The zero-order valence-electron chi connectivity index (χ0n) is 11.1. The lowest BCUT2D eigenvalue weighted by atomic mass is 9.80. The summed E-state index contributed by atoms with van der Waals surface area (Å²) < 4.78 is 10.5. The zero-order valence-corrected chi connectivity index (χ0v) is 11.1. The van der Waals surface area contributed by atoms with E-state index in [1.807, 2.05) is 0 Å². The normalized spacial score (nSPS) is 30.9. The third kappa shape index (κ3) is 4.64. The van der Waals surface area contributed by atoms with Crippen LogP contribution in [-0.4, -0.2) is 31.3 Å². The lowest BCUT2D eigenvalue weighted by molar-refractivity contribution is -0.147. The maximum atomic E-state index is 11.3. The molecule has 1 rings (SSSR count). The summed E-state index contributed by atoms with van der Waals surface area (Å²) in [6.45, 7) is 6.95. The molecule has 1 fully saturated rings. The molecule has 0 spiro atoms. The molecule has 0 aliphatic heterocycles. The molecule has 0 radical (unpaired) electrons. The molecule has 1 saturated carbocycles. The lowest BCUT2D eigenvalue weighted by Gasteiger charge is -2.32. The van der Waals surface area contributed by atoms with Gasteiger partial charge in [-0.1, -0.05) is 13.8 Å². The molecule has 4 atom stereocenters. The van der Waals surface area contributed by atoms with Crippen LogP contribution in [0, 0.1) is 11.8 Å². The molecule has 0 bridgehead atoms. The Hall–Kier alpha value is -0.610. The van der Waals surface area contributed by atoms with Crippen LogP contribution in [0.5, 0.6) is 0 Å². The third-order valence-corrected chi connectivity index (χ3v) is 3.65. The predicted octanol–water partition coefficient (Wildman–Crippen LogP) is 1.72. The number of esters is 1. The fraction of sp³-hybridized carbons (Fsp3) is 0.923. The van der Waals surface area contributed by atoms with Gasteiger partial charge in [0.05, 0.1) is 19.3 Å². The van der Waals surface area contributed by atoms with Gasteiger partial charge in [-0.3, -0.25) is 4.79 Å². The molecule has 0 aromatic heterocycles. The van der Waals surface area contributed by atoms with Gasteiger partial charge in [-0.2, -0.15) is 0 Å². The standard InChI is InChI=1S/C13H25NO3/c1-4-16-13(15)12(14)8-17-11-6-5-9(2)10(3)7-11/h9-12H,4-8,14H2,1-3H3. The van der Waals surface area contributed by atoms with Crippen molar-refractivity contribution in [1.29, 1.82) is 0 Å². The summed E-state index contributed by atoms with van der Waals surface area (Å²) in [7, 11) is 0. The molecule has 0 amide bonds. The Bertz CT molecular complexity index is 245. The Morgan fingerprint density at radius 3 is 2.65 bits per heavy atom. The van der Waals surface area contributed by atoms with Gasteiger partial charge < -0.3 is 15.2 Å². The van der Waals surface area contributed by atoms with Gasteiger partial charge in [-0.05, 0) is 38.0 Å². The van der Waals surface area contributed by atoms with Gasteiger partial charge in [0.1, 0.15) is 6.04 Å². The maximum absolute atomic E-state index is 11.3. The summed E-state index contributed by atoms with van der Waals surface area (Å²) in [5.41, 5.74) is 5.68. The predicted molar refractivity (Wildman–Crippen MR) is 66.5 cm³/mol. The van der Waals surface area contributed by atoms with Crippen LogP contribution in [0.3, 0.4) is 0 Å². The Balaban J connectivity index is 2.24. The van der Waals surface area contributed by atoms with E-state index in [2.05, 4.69) is 13.8 Å². The molecule has 17 heavy (non-hydrogen) atoms. The minimum atomic E-state index is -0.649. The van der Waals surface area contributed by atoms with E-state index in [-0.39, 0.29) is 18.7 Å². The molecule has 1 aliphatic carbocycles. The Morgan fingerprint density at radius 1 is 1.35 bits per heavy atom. The number of hydrogen-bond acceptors (Lipinski definition) is 4. The van der Waals surface area contributed by atoms with Crippen LogP contribution in [0.4, 0.5) is 0 Å². The van der Waals surface area contributed by atoms with Gasteiger partial charge in [0.2, 0.25) is 0 Å². The lowest BCUT2D eigenvalue weighted by Crippen LogP contribution is -2.39. The van der Waals surface area contributed by atoms with E-state index >= 15 is 0 Å². The second kappa shape index (κ2) is 6.97. The van der Waals surface area contributed by atoms with Gasteiger partial charge in [0.25, 0.3) is 0 Å². The molecule has 0 aromatic rings. The van der Waals surface area contributed by atoms with Crippen molar-refractivity contribution in [3.8, 4) is 0 Å². The van der Waals surface area contributed by atoms with Gasteiger partial charge in [-0.25, -0.2) is 0 Å². The summed E-state index contributed by atoms with van der Waals surface area (Å²) in [6, 6.07) is -0.649. The van der Waals surface area contributed by atoms with Crippen molar-refractivity contribution in [2.45, 2.75) is 52.2 Å². The Morgan fingerprint density at radius 2 is 2.06 bits per heavy atom. The quantitative estimate of drug-likeness (QED) is 0.747. The van der Waals surface area contributed by atoms with Crippen LogP contribution in [0.1, 0.15) is 40.0 Å². The number of nitrogens with two attached hydrogens (primary N) is 1. The number of carbonyl (C=O) groups is 1. The third-order valence-electron chi connectivity index (χ3n) is 3.65. The average Bonchev–Trinajstić information content (AvgIpc) is 2.30. The fourth-order valence-electron chi connectivity index (χ4n) is 2.21. The summed E-state index contributed by atoms with van der Waals surface area (Å²) >= 11 is 0. The fourth-order valence-corrected chi connectivity index (χ4v) is 2.21. The number of hydrogen-bond donors (Lipinski definition) is 1. The molecule has 4 nitrogen and oxygen atoms in total. The molecule has 0 saturated heterocycles. The highest BCUT2D eigenvalue weighted by atomic mass is 16.5. The molecule has 4 unspecified atom stereocenters. The Labute approximate surface area is 104 Å². The van der Waals surface area contributed by atoms with Crippen LogP contribution in [0.2, 0.25) is 0 Å². The largest absolute Gasteiger partial charge is 0.465 e. The number of rotatable bonds is 5. The van der Waals surface area contributed by atoms with Crippen molar-refractivity contribution < 1.29 is 14.3 Å². The van der Waals surface area contributed by atoms with Crippen LogP contribution >= 0.6 is 0 Å². The molecule has 100 valence electrons. The molecular formula is C13H25NO3. The highest BCUT2D eigenvalue weighted by Gasteiger charge is 2.26. The summed E-state index contributed by atoms with van der Waals surface area (Å²) in [5, 5.41) is 0. The molecule has 0 aromatic carbocycles. The van der Waals surface area contributed by atoms with Crippen LogP contribution in [0.25, 0.3) is 0 Å². The average molecular weight is 243 g/mol. The minimum absolute atomic E-state index is 0.252. The van der Waals surface area contributed by atoms with Crippen molar-refractivity contribution in [3.05, 3.63) is 0 Å². The number of carbonyl (C=O) groups excluding carboxylic acids is 1. The van der Waals surface area contributed by atoms with Gasteiger partial charge in [-0.15, -0.1) is 0 Å². The monoisotopic (exact) mass is 243 g/mol. The van der Waals surface area contributed by atoms with Crippen molar-refractivity contribution in [3.63, 3.8) is 0 Å². The van der Waals surface area contributed by atoms with Crippen molar-refractivity contribution in [2.75, 3.05) is 13.2 Å². The van der Waals surface area contributed by atoms with Crippen LogP contribution in [0.15, 0.2) is 0 Å². The van der Waals surface area contributed by atoms with Crippen molar-refractivity contribution in [1.82, 2.24) is 0 Å². The summed E-state index contributed by atoms with van der Waals surface area (Å²) in [5.74, 6) is 1.09. The second-order valence-corrected chi connectivity index (χ2v) is 5.08. The smallest absolute Gasteiger partial charge is 0.325 e. The van der Waals surface area contributed by atoms with Gasteiger partial charge in [0.15, 0.2) is 0 Å². The minimum Gasteiger partial charge on any atom is -0.465 e. The molecule has 1 aliphatic rings. The highest BCUT2D eigenvalue weighted by Crippen LogP contribution is 2.30. The van der Waals surface area contributed by atoms with E-state index in [1.165, 1.54) is 6.42 Å². The van der Waals surface area contributed by atoms with Gasteiger partial charge in [0, 0.05) is 0 Å². The Kier molecular flexibility index (Phi) is 5.92. The molecule has 2 N–H and O–H groups in total. The van der Waals surface area contributed by atoms with Crippen molar-refractivity contribution in [2.24, 2.45) is 17.6 Å². The molecule has 0 heterocycles. The van der Waals surface area contributed by atoms with Gasteiger partial charge >= 0.3 is 5.97 Å². The summed E-state index contributed by atoms with van der Waals surface area (Å²) in [4.78, 5) is 11.3. The first kappa shape index (κ1) is 14.5. The van der Waals surface area contributed by atoms with E-state index in [0.29, 0.717) is 12.5 Å². The first-order chi connectivity index (χ1) is 8.04. The molecule has 4 heteroatoms. The first-order valence-corrected chi connectivity index (χ1v) is 6.58. The molecular weight excluding hydrogens is 218 g/mol. The van der Waals surface area contributed by atoms with Crippen LogP contribution < -0.4 is 5.73 Å². The first-order valence-electron chi connectivity index (χ1n) is 6.58. The van der Waals surface area contributed by atoms with E-state index < -0.39 is 6.04 Å². The van der Waals surface area contributed by atoms with E-state index in [4.69, 9.17) is 15.2 Å². The van der Waals surface area contributed by atoms with E-state index in [0.717, 1.165) is 18.8 Å². The summed E-state index contributed by atoms with van der Waals surface area (Å²) in [6.07, 6.45) is 3.58. The van der Waals surface area contributed by atoms with Crippen LogP contribution in [-0.2, 0) is 14.3 Å².